The van der Waals surface area contributed by atoms with E-state index >= 15 is 0 Å². The molecule has 0 unspecified atom stereocenters. The normalized spacial score (nSPS) is 10.4. The number of halogens is 2. The number of hydrogen-bond acceptors (Lipinski definition) is 2. The first-order chi connectivity index (χ1) is 9.16. The fourth-order valence-corrected chi connectivity index (χ4v) is 1.81. The van der Waals surface area contributed by atoms with Crippen LogP contribution in [0.15, 0.2) is 30.6 Å². The molecule has 0 spiro atoms. The molecule has 0 bridgehead atoms. The lowest BCUT2D eigenvalue weighted by molar-refractivity contribution is 0.0953. The van der Waals surface area contributed by atoms with Gasteiger partial charge in [0.2, 0.25) is 0 Å². The average molecular weight is 282 g/mol. The molecule has 100 valence electrons. The number of rotatable bonds is 5. The Kier molecular flexibility index (Phi) is 4.52. The fraction of sp³-hybridized carbons (Fsp3) is 0.231. The minimum Gasteiger partial charge on any atom is -0.352 e. The molecule has 4 nitrogen and oxygen atoms in total. The second-order valence-corrected chi connectivity index (χ2v) is 4.43. The number of aryl methyl sites for hydroxylation is 1. The van der Waals surface area contributed by atoms with Gasteiger partial charge in [-0.2, -0.15) is 0 Å². The first-order valence-electron chi connectivity index (χ1n) is 5.88. The third-order valence-corrected chi connectivity index (χ3v) is 2.90. The van der Waals surface area contributed by atoms with Crippen molar-refractivity contribution >= 4 is 17.5 Å². The number of benzene rings is 1. The van der Waals surface area contributed by atoms with E-state index in [4.69, 9.17) is 11.6 Å². The number of imidazole rings is 1. The number of aromatic amines is 1. The predicted molar refractivity (Wildman–Crippen MR) is 70.7 cm³/mol. The smallest absolute Gasteiger partial charge is 0.251 e. The van der Waals surface area contributed by atoms with Gasteiger partial charge in [0.05, 0.1) is 5.02 Å². The van der Waals surface area contributed by atoms with Gasteiger partial charge in [-0.3, -0.25) is 4.79 Å². The van der Waals surface area contributed by atoms with E-state index in [0.29, 0.717) is 12.1 Å². The molecule has 2 N–H and O–H groups in total. The van der Waals surface area contributed by atoms with Crippen LogP contribution in [0, 0.1) is 5.82 Å². The Morgan fingerprint density at radius 2 is 2.32 bits per heavy atom. The van der Waals surface area contributed by atoms with Crippen molar-refractivity contribution in [1.29, 1.82) is 0 Å². The lowest BCUT2D eigenvalue weighted by Crippen LogP contribution is -2.24. The lowest BCUT2D eigenvalue weighted by atomic mass is 10.2. The summed E-state index contributed by atoms with van der Waals surface area (Å²) in [5.74, 6) is 0.0939. The molecule has 0 saturated heterocycles. The van der Waals surface area contributed by atoms with E-state index in [-0.39, 0.29) is 10.9 Å². The number of aromatic nitrogens is 2. The molecule has 1 heterocycles. The standard InChI is InChI=1S/C13H13ClFN3O/c14-10-8-9(3-4-11(10)15)13(19)18-5-1-2-12-16-6-7-17-12/h3-4,6-8H,1-2,5H2,(H,16,17)(H,18,19). The molecule has 6 heteroatoms. The molecule has 1 amide bonds. The second kappa shape index (κ2) is 6.33. The predicted octanol–water partition coefficient (Wildman–Crippen LogP) is 2.56. The number of nitrogens with one attached hydrogen (secondary N) is 2. The van der Waals surface area contributed by atoms with Crippen molar-refractivity contribution in [2.75, 3.05) is 6.54 Å². The summed E-state index contributed by atoms with van der Waals surface area (Å²) < 4.78 is 13.0. The van der Waals surface area contributed by atoms with Crippen molar-refractivity contribution in [3.63, 3.8) is 0 Å². The van der Waals surface area contributed by atoms with Crippen LogP contribution in [0.4, 0.5) is 4.39 Å². The molecule has 0 atom stereocenters. The maximum atomic E-state index is 13.0. The van der Waals surface area contributed by atoms with E-state index in [1.54, 1.807) is 12.4 Å². The molecule has 0 radical (unpaired) electrons. The first-order valence-corrected chi connectivity index (χ1v) is 6.26. The van der Waals surface area contributed by atoms with Gasteiger partial charge >= 0.3 is 0 Å². The van der Waals surface area contributed by atoms with Crippen molar-refractivity contribution in [2.45, 2.75) is 12.8 Å². The molecule has 1 aromatic carbocycles. The summed E-state index contributed by atoms with van der Waals surface area (Å²) in [6.45, 7) is 0.522. The number of carbonyl (C=O) groups excluding carboxylic acids is 1. The number of carbonyl (C=O) groups is 1. The van der Waals surface area contributed by atoms with Crippen molar-refractivity contribution in [1.82, 2.24) is 15.3 Å². The van der Waals surface area contributed by atoms with Gasteiger partial charge in [-0.05, 0) is 24.6 Å². The van der Waals surface area contributed by atoms with E-state index in [1.165, 1.54) is 18.2 Å². The third kappa shape index (κ3) is 3.79. The van der Waals surface area contributed by atoms with Crippen LogP contribution < -0.4 is 5.32 Å². The molecule has 0 aliphatic carbocycles. The van der Waals surface area contributed by atoms with Gasteiger partial charge in [0.1, 0.15) is 11.6 Å². The molecular formula is C13H13ClFN3O. The Balaban J connectivity index is 1.79. The van der Waals surface area contributed by atoms with Crippen LogP contribution in [0.25, 0.3) is 0 Å². The Hall–Kier alpha value is -1.88. The molecule has 0 aliphatic heterocycles. The summed E-state index contributed by atoms with van der Waals surface area (Å²) in [7, 11) is 0. The Morgan fingerprint density at radius 1 is 1.47 bits per heavy atom. The summed E-state index contributed by atoms with van der Waals surface area (Å²) in [6, 6.07) is 3.90. The number of nitrogens with zero attached hydrogens (tertiary/aromatic N) is 1. The van der Waals surface area contributed by atoms with Gasteiger partial charge < -0.3 is 10.3 Å². The van der Waals surface area contributed by atoms with Crippen LogP contribution in [0.2, 0.25) is 5.02 Å². The molecule has 0 saturated carbocycles. The highest BCUT2D eigenvalue weighted by Crippen LogP contribution is 2.15. The highest BCUT2D eigenvalue weighted by Gasteiger charge is 2.08. The van der Waals surface area contributed by atoms with Gasteiger partial charge in [-0.25, -0.2) is 9.37 Å². The summed E-state index contributed by atoms with van der Waals surface area (Å²) in [4.78, 5) is 18.8. The van der Waals surface area contributed by atoms with Gasteiger partial charge in [0.15, 0.2) is 0 Å². The SMILES string of the molecule is O=C(NCCCc1ncc[nH]1)c1ccc(F)c(Cl)c1. The van der Waals surface area contributed by atoms with Crippen molar-refractivity contribution in [3.8, 4) is 0 Å². The van der Waals surface area contributed by atoms with E-state index in [1.807, 2.05) is 0 Å². The maximum Gasteiger partial charge on any atom is 0.251 e. The Morgan fingerprint density at radius 3 is 3.00 bits per heavy atom. The lowest BCUT2D eigenvalue weighted by Gasteiger charge is -2.05. The number of amides is 1. The van der Waals surface area contributed by atoms with Gasteiger partial charge in [-0.15, -0.1) is 0 Å². The summed E-state index contributed by atoms with van der Waals surface area (Å²) in [5.41, 5.74) is 0.351. The topological polar surface area (TPSA) is 57.8 Å². The summed E-state index contributed by atoms with van der Waals surface area (Å²) in [6.07, 6.45) is 4.98. The Bertz CT molecular complexity index is 557. The van der Waals surface area contributed by atoms with Crippen molar-refractivity contribution in [3.05, 3.63) is 52.8 Å². The van der Waals surface area contributed by atoms with Gasteiger partial charge in [0.25, 0.3) is 5.91 Å². The van der Waals surface area contributed by atoms with Crippen molar-refractivity contribution < 1.29 is 9.18 Å². The zero-order valence-electron chi connectivity index (χ0n) is 10.1. The fourth-order valence-electron chi connectivity index (χ4n) is 1.63. The molecule has 19 heavy (non-hydrogen) atoms. The van der Waals surface area contributed by atoms with E-state index < -0.39 is 5.82 Å². The number of H-pyrrole nitrogens is 1. The monoisotopic (exact) mass is 281 g/mol. The largest absolute Gasteiger partial charge is 0.352 e. The molecular weight excluding hydrogens is 269 g/mol. The van der Waals surface area contributed by atoms with Crippen LogP contribution in [-0.2, 0) is 6.42 Å². The summed E-state index contributed by atoms with van der Waals surface area (Å²) in [5, 5.41) is 2.69. The summed E-state index contributed by atoms with van der Waals surface area (Å²) >= 11 is 5.62. The minimum atomic E-state index is -0.531. The zero-order valence-corrected chi connectivity index (χ0v) is 10.9. The second-order valence-electron chi connectivity index (χ2n) is 4.02. The molecule has 0 aliphatic rings. The van der Waals surface area contributed by atoms with Crippen LogP contribution >= 0.6 is 11.6 Å². The molecule has 0 fully saturated rings. The van der Waals surface area contributed by atoms with E-state index in [0.717, 1.165) is 18.7 Å². The minimum absolute atomic E-state index is 0.0526. The van der Waals surface area contributed by atoms with Crippen molar-refractivity contribution in [2.24, 2.45) is 0 Å². The zero-order chi connectivity index (χ0) is 13.7. The van der Waals surface area contributed by atoms with Gasteiger partial charge in [-0.1, -0.05) is 11.6 Å². The average Bonchev–Trinajstić information content (AvgIpc) is 2.91. The van der Waals surface area contributed by atoms with E-state index in [9.17, 15) is 9.18 Å². The molecule has 2 aromatic rings. The van der Waals surface area contributed by atoms with Gasteiger partial charge in [0, 0.05) is 30.9 Å². The Labute approximate surface area is 115 Å². The van der Waals surface area contributed by atoms with Crippen LogP contribution in [-0.4, -0.2) is 22.4 Å². The quantitative estimate of drug-likeness (QED) is 0.828. The maximum absolute atomic E-state index is 13.0. The van der Waals surface area contributed by atoms with Crippen LogP contribution in [0.5, 0.6) is 0 Å². The van der Waals surface area contributed by atoms with Crippen LogP contribution in [0.3, 0.4) is 0 Å². The highest BCUT2D eigenvalue weighted by atomic mass is 35.5. The van der Waals surface area contributed by atoms with E-state index in [2.05, 4.69) is 15.3 Å². The first kappa shape index (κ1) is 13.5. The molecule has 1 aromatic heterocycles. The van der Waals surface area contributed by atoms with Crippen LogP contribution in [0.1, 0.15) is 22.6 Å². The molecule has 2 rings (SSSR count). The number of hydrogen-bond donors (Lipinski definition) is 2. The third-order valence-electron chi connectivity index (χ3n) is 2.61. The highest BCUT2D eigenvalue weighted by molar-refractivity contribution is 6.31.